The lowest BCUT2D eigenvalue weighted by Crippen LogP contribution is -2.42. The summed E-state index contributed by atoms with van der Waals surface area (Å²) in [6.45, 7) is 1.51. The number of sulfonamides is 1. The lowest BCUT2D eigenvalue weighted by molar-refractivity contribution is 0.477. The van der Waals surface area contributed by atoms with Crippen LogP contribution in [0.25, 0.3) is 0 Å². The van der Waals surface area contributed by atoms with Crippen LogP contribution >= 0.6 is 22.7 Å². The van der Waals surface area contributed by atoms with Crippen molar-refractivity contribution in [2.45, 2.75) is 10.8 Å². The first-order chi connectivity index (χ1) is 11.0. The number of hydrogen-bond acceptors (Lipinski definition) is 5. The molecule has 0 saturated heterocycles. The predicted molar refractivity (Wildman–Crippen MR) is 96.7 cm³/mol. The number of thiophene rings is 2. The summed E-state index contributed by atoms with van der Waals surface area (Å²) >= 11 is 2.86. The Hall–Kier alpha value is -1.42. The van der Waals surface area contributed by atoms with Gasteiger partial charge in [0.2, 0.25) is 10.0 Å². The van der Waals surface area contributed by atoms with Crippen LogP contribution in [-0.4, -0.2) is 46.5 Å². The first kappa shape index (κ1) is 17.9. The normalized spacial score (nSPS) is 12.3. The Balaban J connectivity index is 1.78. The minimum atomic E-state index is -3.41. The highest BCUT2D eigenvalue weighted by Gasteiger charge is 2.14. The molecule has 126 valence electrons. The fourth-order valence-corrected chi connectivity index (χ4v) is 4.69. The molecule has 6 nitrogen and oxygen atoms in total. The van der Waals surface area contributed by atoms with Crippen molar-refractivity contribution in [3.63, 3.8) is 0 Å². The van der Waals surface area contributed by atoms with E-state index >= 15 is 0 Å². The second-order valence-corrected chi connectivity index (χ2v) is 8.51. The zero-order valence-corrected chi connectivity index (χ0v) is 15.5. The van der Waals surface area contributed by atoms with E-state index in [1.807, 2.05) is 17.3 Å². The Morgan fingerprint density at radius 2 is 2.13 bits per heavy atom. The Labute approximate surface area is 144 Å². The maximum atomic E-state index is 12.0. The molecule has 0 aliphatic rings. The Kier molecular flexibility index (Phi) is 6.58. The van der Waals surface area contributed by atoms with Crippen LogP contribution < -0.4 is 10.0 Å². The molecule has 2 aromatic heterocycles. The van der Waals surface area contributed by atoms with E-state index in [0.717, 1.165) is 12.5 Å². The van der Waals surface area contributed by atoms with E-state index in [4.69, 9.17) is 0 Å². The van der Waals surface area contributed by atoms with Crippen molar-refractivity contribution in [1.29, 1.82) is 0 Å². The molecule has 2 N–H and O–H groups in total. The molecule has 2 rings (SSSR count). The van der Waals surface area contributed by atoms with Gasteiger partial charge in [0.15, 0.2) is 5.96 Å². The van der Waals surface area contributed by atoms with Gasteiger partial charge < -0.3 is 10.2 Å². The lowest BCUT2D eigenvalue weighted by Gasteiger charge is -2.21. The number of hydrogen-bond donors (Lipinski definition) is 2. The van der Waals surface area contributed by atoms with Crippen molar-refractivity contribution in [2.75, 3.05) is 27.2 Å². The van der Waals surface area contributed by atoms with Gasteiger partial charge in [-0.05, 0) is 33.8 Å². The molecule has 9 heteroatoms. The summed E-state index contributed by atoms with van der Waals surface area (Å²) in [5.41, 5.74) is 1.22. The van der Waals surface area contributed by atoms with E-state index in [9.17, 15) is 8.42 Å². The third-order valence-electron chi connectivity index (χ3n) is 3.03. The molecule has 2 heterocycles. The third-order valence-corrected chi connectivity index (χ3v) is 6.62. The summed E-state index contributed by atoms with van der Waals surface area (Å²) in [5, 5.41) is 9.04. The van der Waals surface area contributed by atoms with Crippen molar-refractivity contribution < 1.29 is 8.42 Å². The Morgan fingerprint density at radius 3 is 2.74 bits per heavy atom. The minimum Gasteiger partial charge on any atom is -0.355 e. The predicted octanol–water partition coefficient (Wildman–Crippen LogP) is 1.80. The monoisotopic (exact) mass is 372 g/mol. The molecule has 0 atom stereocenters. The number of aliphatic imine (C=N–C) groups is 1. The largest absolute Gasteiger partial charge is 0.355 e. The van der Waals surface area contributed by atoms with Gasteiger partial charge in [0.1, 0.15) is 4.21 Å². The molecule has 0 bridgehead atoms. The van der Waals surface area contributed by atoms with Crippen LogP contribution in [0, 0.1) is 0 Å². The van der Waals surface area contributed by atoms with Crippen LogP contribution in [-0.2, 0) is 16.6 Å². The molecular weight excluding hydrogens is 352 g/mol. The summed E-state index contributed by atoms with van der Waals surface area (Å²) in [4.78, 5) is 6.21. The Morgan fingerprint density at radius 1 is 1.30 bits per heavy atom. The first-order valence-electron chi connectivity index (χ1n) is 6.99. The first-order valence-corrected chi connectivity index (χ1v) is 10.3. The number of rotatable bonds is 7. The van der Waals surface area contributed by atoms with E-state index in [1.165, 1.54) is 16.9 Å². The van der Waals surface area contributed by atoms with Crippen LogP contribution in [0.5, 0.6) is 0 Å². The van der Waals surface area contributed by atoms with E-state index < -0.39 is 10.0 Å². The molecule has 0 saturated carbocycles. The topological polar surface area (TPSA) is 73.8 Å². The molecular formula is C14H20N4O2S3. The summed E-state index contributed by atoms with van der Waals surface area (Å²) < 4.78 is 26.9. The van der Waals surface area contributed by atoms with Crippen molar-refractivity contribution in [3.8, 4) is 0 Å². The molecule has 0 fully saturated rings. The highest BCUT2D eigenvalue weighted by molar-refractivity contribution is 7.91. The maximum Gasteiger partial charge on any atom is 0.250 e. The van der Waals surface area contributed by atoms with E-state index in [-0.39, 0.29) is 0 Å². The number of nitrogens with one attached hydrogen (secondary N) is 2. The maximum absolute atomic E-state index is 12.0. The van der Waals surface area contributed by atoms with Gasteiger partial charge in [-0.25, -0.2) is 13.1 Å². The van der Waals surface area contributed by atoms with Gasteiger partial charge >= 0.3 is 0 Å². The van der Waals surface area contributed by atoms with Gasteiger partial charge in [0.05, 0.1) is 0 Å². The highest BCUT2D eigenvalue weighted by Crippen LogP contribution is 2.14. The van der Waals surface area contributed by atoms with Crippen LogP contribution in [0.2, 0.25) is 0 Å². The molecule has 0 aliphatic carbocycles. The lowest BCUT2D eigenvalue weighted by atomic mass is 10.3. The summed E-state index contributed by atoms with van der Waals surface area (Å²) in [7, 11) is 0.251. The van der Waals surface area contributed by atoms with E-state index in [1.54, 1.807) is 35.9 Å². The summed E-state index contributed by atoms with van der Waals surface area (Å²) in [6.07, 6.45) is 0. The zero-order chi connectivity index (χ0) is 16.7. The van der Waals surface area contributed by atoms with Gasteiger partial charge in [0.25, 0.3) is 0 Å². The van der Waals surface area contributed by atoms with Crippen LogP contribution in [0.3, 0.4) is 0 Å². The molecule has 0 aliphatic heterocycles. The van der Waals surface area contributed by atoms with Crippen LogP contribution in [0.15, 0.2) is 43.5 Å². The summed E-state index contributed by atoms with van der Waals surface area (Å²) in [5.74, 6) is 0.728. The summed E-state index contributed by atoms with van der Waals surface area (Å²) in [6, 6.07) is 5.39. The highest BCUT2D eigenvalue weighted by atomic mass is 32.2. The molecule has 0 amide bonds. The van der Waals surface area contributed by atoms with Crippen LogP contribution in [0.4, 0.5) is 0 Å². The van der Waals surface area contributed by atoms with E-state index in [0.29, 0.717) is 17.3 Å². The molecule has 0 aromatic carbocycles. The zero-order valence-electron chi connectivity index (χ0n) is 13.0. The average Bonchev–Trinajstić information content (AvgIpc) is 3.20. The Bertz CT molecular complexity index is 709. The van der Waals surface area contributed by atoms with Crippen molar-refractivity contribution in [3.05, 3.63) is 39.9 Å². The quantitative estimate of drug-likeness (QED) is 0.442. The van der Waals surface area contributed by atoms with Crippen molar-refractivity contribution in [1.82, 2.24) is 14.9 Å². The van der Waals surface area contributed by atoms with E-state index in [2.05, 4.69) is 26.5 Å². The number of guanidine groups is 1. The SMILES string of the molecule is CN=C(NCCNS(=O)(=O)c1cccs1)N(C)Cc1ccsc1. The second-order valence-electron chi connectivity index (χ2n) is 4.79. The molecule has 0 unspecified atom stereocenters. The minimum absolute atomic E-state index is 0.297. The van der Waals surface area contributed by atoms with Crippen molar-refractivity contribution in [2.24, 2.45) is 4.99 Å². The molecule has 0 radical (unpaired) electrons. The van der Waals surface area contributed by atoms with Crippen LogP contribution in [0.1, 0.15) is 5.56 Å². The standard InChI is InChI=1S/C14H20N4O2S3/c1-15-14(18(2)10-12-5-9-21-11-12)16-6-7-17-23(19,20)13-4-3-8-22-13/h3-5,8-9,11,17H,6-7,10H2,1-2H3,(H,15,16). The fraction of sp³-hybridized carbons (Fsp3) is 0.357. The second kappa shape index (κ2) is 8.44. The average molecular weight is 373 g/mol. The van der Waals surface area contributed by atoms with Gasteiger partial charge in [-0.1, -0.05) is 6.07 Å². The van der Waals surface area contributed by atoms with Gasteiger partial charge in [-0.15, -0.1) is 11.3 Å². The smallest absolute Gasteiger partial charge is 0.250 e. The fourth-order valence-electron chi connectivity index (χ4n) is 1.96. The molecule has 23 heavy (non-hydrogen) atoms. The molecule has 0 spiro atoms. The molecule has 2 aromatic rings. The van der Waals surface area contributed by atoms with Gasteiger partial charge in [0, 0.05) is 33.7 Å². The third kappa shape index (κ3) is 5.31. The number of nitrogens with zero attached hydrogens (tertiary/aromatic N) is 2. The van der Waals surface area contributed by atoms with Crippen molar-refractivity contribution >= 4 is 38.7 Å². The van der Waals surface area contributed by atoms with Gasteiger partial charge in [-0.2, -0.15) is 11.3 Å². The van der Waals surface area contributed by atoms with Gasteiger partial charge in [-0.3, -0.25) is 4.99 Å².